The fraction of sp³-hybridized carbons (Fsp3) is 0.538. The van der Waals surface area contributed by atoms with Crippen LogP contribution < -0.4 is 10.2 Å². The molecule has 0 spiro atoms. The van der Waals surface area contributed by atoms with Crippen LogP contribution in [0.4, 0.5) is 5.69 Å². The molecule has 2 rings (SSSR count). The molecule has 0 bridgehead atoms. The Morgan fingerprint density at radius 1 is 1.05 bits per heavy atom. The average Bonchev–Trinajstić information content (AvgIpc) is 2.48. The molecule has 1 N–H and O–H groups in total. The van der Waals surface area contributed by atoms with Crippen LogP contribution in [0.3, 0.4) is 0 Å². The first-order chi connectivity index (χ1) is 8.71. The van der Waals surface area contributed by atoms with Crippen LogP contribution in [0.2, 0.25) is 0 Å². The van der Waals surface area contributed by atoms with E-state index < -0.39 is 11.0 Å². The number of benzene rings is 1. The SMILES string of the molecule is CS(=O)Nc1ccc(B2OC(C)(C)C(C)(C)O2)cc1. The van der Waals surface area contributed by atoms with Gasteiger partial charge in [-0.3, -0.25) is 0 Å². The van der Waals surface area contributed by atoms with Crippen molar-refractivity contribution in [1.82, 2.24) is 0 Å². The second-order valence-electron chi connectivity index (χ2n) is 5.77. The molecule has 19 heavy (non-hydrogen) atoms. The Kier molecular flexibility index (Phi) is 3.77. The van der Waals surface area contributed by atoms with Gasteiger partial charge in [-0.2, -0.15) is 0 Å². The van der Waals surface area contributed by atoms with E-state index in [1.165, 1.54) is 0 Å². The van der Waals surface area contributed by atoms with Gasteiger partial charge in [-0.1, -0.05) is 12.1 Å². The van der Waals surface area contributed by atoms with Gasteiger partial charge in [0.25, 0.3) is 0 Å². The number of rotatable bonds is 3. The summed E-state index contributed by atoms with van der Waals surface area (Å²) in [7, 11) is -1.42. The van der Waals surface area contributed by atoms with Gasteiger partial charge in [-0.15, -0.1) is 0 Å². The molecule has 6 heteroatoms. The first-order valence-corrected chi connectivity index (χ1v) is 7.83. The van der Waals surface area contributed by atoms with E-state index in [1.807, 2.05) is 52.0 Å². The van der Waals surface area contributed by atoms with E-state index >= 15 is 0 Å². The van der Waals surface area contributed by atoms with E-state index in [9.17, 15) is 4.21 Å². The van der Waals surface area contributed by atoms with Crippen molar-refractivity contribution in [1.29, 1.82) is 0 Å². The Bertz CT molecular complexity index is 471. The third-order valence-corrected chi connectivity index (χ3v) is 4.22. The molecule has 1 unspecified atom stereocenters. The van der Waals surface area contributed by atoms with Crippen molar-refractivity contribution in [3.05, 3.63) is 24.3 Å². The van der Waals surface area contributed by atoms with Crippen LogP contribution in [-0.4, -0.2) is 28.8 Å². The van der Waals surface area contributed by atoms with Crippen LogP contribution in [0.5, 0.6) is 0 Å². The molecule has 104 valence electrons. The number of hydrogen-bond acceptors (Lipinski definition) is 3. The third-order valence-electron chi connectivity index (χ3n) is 3.70. The van der Waals surface area contributed by atoms with Gasteiger partial charge in [-0.25, -0.2) is 4.21 Å². The molecule has 0 radical (unpaired) electrons. The molecule has 4 nitrogen and oxygen atoms in total. The van der Waals surface area contributed by atoms with Crippen LogP contribution in [0.15, 0.2) is 24.3 Å². The first-order valence-electron chi connectivity index (χ1n) is 6.27. The maximum atomic E-state index is 11.1. The van der Waals surface area contributed by atoms with Crippen molar-refractivity contribution in [2.75, 3.05) is 11.0 Å². The lowest BCUT2D eigenvalue weighted by Crippen LogP contribution is -2.41. The van der Waals surface area contributed by atoms with Crippen molar-refractivity contribution >= 4 is 29.3 Å². The summed E-state index contributed by atoms with van der Waals surface area (Å²) in [5.41, 5.74) is 1.12. The van der Waals surface area contributed by atoms with Gasteiger partial charge < -0.3 is 14.0 Å². The topological polar surface area (TPSA) is 47.6 Å². The lowest BCUT2D eigenvalue weighted by Gasteiger charge is -2.32. The summed E-state index contributed by atoms with van der Waals surface area (Å²) in [6.07, 6.45) is 1.60. The average molecular weight is 281 g/mol. The van der Waals surface area contributed by atoms with E-state index in [0.717, 1.165) is 11.2 Å². The van der Waals surface area contributed by atoms with Crippen molar-refractivity contribution in [2.24, 2.45) is 0 Å². The smallest absolute Gasteiger partial charge is 0.399 e. The van der Waals surface area contributed by atoms with Crippen molar-refractivity contribution in [2.45, 2.75) is 38.9 Å². The highest BCUT2D eigenvalue weighted by Gasteiger charge is 2.51. The van der Waals surface area contributed by atoms with Crippen molar-refractivity contribution < 1.29 is 13.5 Å². The van der Waals surface area contributed by atoms with E-state index in [2.05, 4.69) is 4.72 Å². The normalized spacial score (nSPS) is 22.3. The molecule has 0 aliphatic carbocycles. The molecule has 1 atom stereocenters. The summed E-state index contributed by atoms with van der Waals surface area (Å²) in [4.78, 5) is 0. The van der Waals surface area contributed by atoms with Gasteiger partial charge in [0, 0.05) is 11.9 Å². The maximum Gasteiger partial charge on any atom is 0.494 e. The number of hydrogen-bond donors (Lipinski definition) is 1. The van der Waals surface area contributed by atoms with E-state index in [1.54, 1.807) is 6.26 Å². The Morgan fingerprint density at radius 3 is 1.95 bits per heavy atom. The van der Waals surface area contributed by atoms with Crippen molar-refractivity contribution in [3.63, 3.8) is 0 Å². The lowest BCUT2D eigenvalue weighted by atomic mass is 9.79. The summed E-state index contributed by atoms with van der Waals surface area (Å²) < 4.78 is 25.9. The number of nitrogens with one attached hydrogen (secondary N) is 1. The standard InChI is InChI=1S/C13H20BNO3S/c1-12(2)13(3,4)18-14(17-12)10-6-8-11(9-7-10)15-19(5)16/h6-9,15H,1-5H3. The van der Waals surface area contributed by atoms with Crippen LogP contribution in [-0.2, 0) is 20.3 Å². The minimum Gasteiger partial charge on any atom is -0.399 e. The Balaban J connectivity index is 2.14. The highest BCUT2D eigenvalue weighted by molar-refractivity contribution is 7.85. The zero-order valence-electron chi connectivity index (χ0n) is 12.0. The quantitative estimate of drug-likeness (QED) is 0.858. The molecule has 1 aromatic rings. The molecule has 0 amide bonds. The van der Waals surface area contributed by atoms with E-state index in [0.29, 0.717) is 0 Å². The van der Waals surface area contributed by atoms with Crippen LogP contribution >= 0.6 is 0 Å². The molecular weight excluding hydrogens is 261 g/mol. The van der Waals surface area contributed by atoms with Crippen LogP contribution in [0, 0.1) is 0 Å². The maximum absolute atomic E-state index is 11.1. The molecule has 1 aromatic carbocycles. The molecule has 1 aliphatic heterocycles. The highest BCUT2D eigenvalue weighted by atomic mass is 32.2. The summed E-state index contributed by atoms with van der Waals surface area (Å²) in [5.74, 6) is 0. The number of anilines is 1. The van der Waals surface area contributed by atoms with E-state index in [-0.39, 0.29) is 18.3 Å². The summed E-state index contributed by atoms with van der Waals surface area (Å²) >= 11 is 0. The van der Waals surface area contributed by atoms with Gasteiger partial charge in [0.1, 0.15) is 11.0 Å². The van der Waals surface area contributed by atoms with Crippen molar-refractivity contribution in [3.8, 4) is 0 Å². The van der Waals surface area contributed by atoms with Crippen LogP contribution in [0.1, 0.15) is 27.7 Å². The molecule has 0 saturated carbocycles. The molecule has 0 aromatic heterocycles. The second kappa shape index (κ2) is 4.92. The van der Waals surface area contributed by atoms with E-state index in [4.69, 9.17) is 9.31 Å². The zero-order chi connectivity index (χ0) is 14.3. The van der Waals surface area contributed by atoms with Gasteiger partial charge in [0.15, 0.2) is 0 Å². The summed E-state index contributed by atoms with van der Waals surface area (Å²) in [6, 6.07) is 7.61. The monoisotopic (exact) mass is 281 g/mol. The molecule has 1 aliphatic rings. The second-order valence-corrected chi connectivity index (χ2v) is 6.88. The third kappa shape index (κ3) is 3.01. The first kappa shape index (κ1) is 14.6. The molecule has 1 fully saturated rings. The largest absolute Gasteiger partial charge is 0.494 e. The molecule has 1 heterocycles. The van der Waals surface area contributed by atoms with Gasteiger partial charge in [0.05, 0.1) is 11.2 Å². The predicted molar refractivity (Wildman–Crippen MR) is 79.8 cm³/mol. The fourth-order valence-corrected chi connectivity index (χ4v) is 2.32. The Morgan fingerprint density at radius 2 is 1.53 bits per heavy atom. The highest BCUT2D eigenvalue weighted by Crippen LogP contribution is 2.36. The zero-order valence-corrected chi connectivity index (χ0v) is 12.8. The Labute approximate surface area is 117 Å². The Hall–Kier alpha value is -0.845. The van der Waals surface area contributed by atoms with Gasteiger partial charge in [0.2, 0.25) is 0 Å². The lowest BCUT2D eigenvalue weighted by molar-refractivity contribution is 0.00578. The van der Waals surface area contributed by atoms with Gasteiger partial charge in [-0.05, 0) is 45.3 Å². The van der Waals surface area contributed by atoms with Gasteiger partial charge >= 0.3 is 7.12 Å². The minimum atomic E-state index is -1.06. The minimum absolute atomic E-state index is 0.334. The molecule has 1 saturated heterocycles. The fourth-order valence-electron chi connectivity index (χ4n) is 1.85. The predicted octanol–water partition coefficient (Wildman–Crippen LogP) is 1.69. The summed E-state index contributed by atoms with van der Waals surface area (Å²) in [5, 5.41) is 0. The van der Waals surface area contributed by atoms with Crippen LogP contribution in [0.25, 0.3) is 0 Å². The molecular formula is C13H20BNO3S. The summed E-state index contributed by atoms with van der Waals surface area (Å²) in [6.45, 7) is 8.12.